The highest BCUT2D eigenvalue weighted by Gasteiger charge is 2.29. The zero-order valence-corrected chi connectivity index (χ0v) is 27.4. The third-order valence-corrected chi connectivity index (χ3v) is 9.39. The van der Waals surface area contributed by atoms with Crippen LogP contribution >= 0.6 is 0 Å². The lowest BCUT2D eigenvalue weighted by Crippen LogP contribution is -2.28. The monoisotopic (exact) mass is 567 g/mol. The van der Waals surface area contributed by atoms with Crippen LogP contribution in [0.4, 0.5) is 0 Å². The van der Waals surface area contributed by atoms with Crippen molar-refractivity contribution >= 4 is 11.9 Å². The van der Waals surface area contributed by atoms with E-state index in [-0.39, 0.29) is 0 Å². The second-order valence-electron chi connectivity index (χ2n) is 13.1. The molecular weight excluding hydrogens is 496 g/mol. The standard InChI is InChI=1S/C36H70O4/c1-5-7-9-11-15-21-27-34(32(4)26-20-14-12-17-23-29-35(37)38)33(31(3)25-19-10-8-6-2)28-22-16-13-18-24-30-36(39)40/h31-34H,5-30H2,1-4H3,(H,37,38)(H,39,40). The van der Waals surface area contributed by atoms with E-state index in [9.17, 15) is 9.59 Å². The second-order valence-corrected chi connectivity index (χ2v) is 13.1. The van der Waals surface area contributed by atoms with Gasteiger partial charge in [0.25, 0.3) is 0 Å². The third kappa shape index (κ3) is 23.6. The summed E-state index contributed by atoms with van der Waals surface area (Å²) in [5.41, 5.74) is 0. The molecule has 0 amide bonds. The highest BCUT2D eigenvalue weighted by atomic mass is 16.4. The van der Waals surface area contributed by atoms with E-state index in [0.717, 1.165) is 49.4 Å². The molecule has 2 N–H and O–H groups in total. The normalized spacial score (nSPS) is 14.6. The molecule has 0 aliphatic rings. The van der Waals surface area contributed by atoms with Gasteiger partial charge in [-0.05, 0) is 49.4 Å². The average Bonchev–Trinajstić information content (AvgIpc) is 2.91. The number of carbonyl (C=O) groups is 2. The molecule has 0 radical (unpaired) electrons. The Hall–Kier alpha value is -1.06. The van der Waals surface area contributed by atoms with Gasteiger partial charge in [-0.2, -0.15) is 0 Å². The summed E-state index contributed by atoms with van der Waals surface area (Å²) in [4.78, 5) is 21.6. The Kier molecular flexibility index (Phi) is 27.3. The van der Waals surface area contributed by atoms with Gasteiger partial charge >= 0.3 is 11.9 Å². The lowest BCUT2D eigenvalue weighted by Gasteiger charge is -2.37. The molecule has 40 heavy (non-hydrogen) atoms. The van der Waals surface area contributed by atoms with E-state index in [1.165, 1.54) is 128 Å². The number of hydrogen-bond acceptors (Lipinski definition) is 2. The van der Waals surface area contributed by atoms with E-state index >= 15 is 0 Å². The van der Waals surface area contributed by atoms with Crippen molar-refractivity contribution in [3.63, 3.8) is 0 Å². The van der Waals surface area contributed by atoms with Gasteiger partial charge in [-0.1, -0.05) is 156 Å². The van der Waals surface area contributed by atoms with Crippen molar-refractivity contribution in [1.82, 2.24) is 0 Å². The van der Waals surface area contributed by atoms with Crippen molar-refractivity contribution in [2.75, 3.05) is 0 Å². The molecule has 0 spiro atoms. The first-order valence-electron chi connectivity index (χ1n) is 17.8. The maximum absolute atomic E-state index is 10.8. The van der Waals surface area contributed by atoms with Crippen LogP contribution in [-0.4, -0.2) is 22.2 Å². The van der Waals surface area contributed by atoms with Gasteiger partial charge in [0.15, 0.2) is 0 Å². The Balaban J connectivity index is 5.09. The van der Waals surface area contributed by atoms with Gasteiger partial charge in [0.2, 0.25) is 0 Å². The Morgan fingerprint density at radius 1 is 0.425 bits per heavy atom. The summed E-state index contributed by atoms with van der Waals surface area (Å²) in [6.07, 6.45) is 30.8. The van der Waals surface area contributed by atoms with E-state index < -0.39 is 11.9 Å². The first-order chi connectivity index (χ1) is 19.3. The summed E-state index contributed by atoms with van der Waals surface area (Å²) in [6.45, 7) is 9.68. The fourth-order valence-corrected chi connectivity index (χ4v) is 6.78. The lowest BCUT2D eigenvalue weighted by atomic mass is 9.69. The van der Waals surface area contributed by atoms with E-state index in [1.54, 1.807) is 0 Å². The zero-order chi connectivity index (χ0) is 29.8. The van der Waals surface area contributed by atoms with Crippen LogP contribution in [0.2, 0.25) is 0 Å². The predicted molar refractivity (Wildman–Crippen MR) is 172 cm³/mol. The molecule has 4 atom stereocenters. The average molecular weight is 567 g/mol. The molecular formula is C36H70O4. The first kappa shape index (κ1) is 38.9. The van der Waals surface area contributed by atoms with Gasteiger partial charge in [-0.15, -0.1) is 0 Å². The summed E-state index contributed by atoms with van der Waals surface area (Å²) >= 11 is 0. The maximum atomic E-state index is 10.8. The van der Waals surface area contributed by atoms with Gasteiger partial charge < -0.3 is 10.2 Å². The van der Waals surface area contributed by atoms with Gasteiger partial charge in [0.1, 0.15) is 0 Å². The Bertz CT molecular complexity index is 575. The van der Waals surface area contributed by atoms with E-state index in [2.05, 4.69) is 27.7 Å². The molecule has 4 heteroatoms. The summed E-state index contributed by atoms with van der Waals surface area (Å²) in [6, 6.07) is 0. The predicted octanol–water partition coefficient (Wildman–Crippen LogP) is 11.8. The van der Waals surface area contributed by atoms with Crippen molar-refractivity contribution in [1.29, 1.82) is 0 Å². The first-order valence-corrected chi connectivity index (χ1v) is 17.8. The SMILES string of the molecule is CCCCCCCCC(C(C)CCCCCCCC(=O)O)C(CCCCCCCC(=O)O)C(C)CCCCCC. The molecule has 0 aliphatic heterocycles. The van der Waals surface area contributed by atoms with Crippen LogP contribution in [0.1, 0.15) is 195 Å². The van der Waals surface area contributed by atoms with Crippen LogP contribution in [-0.2, 0) is 9.59 Å². The van der Waals surface area contributed by atoms with Crippen molar-refractivity contribution in [2.45, 2.75) is 195 Å². The number of hydrogen-bond donors (Lipinski definition) is 2. The molecule has 238 valence electrons. The minimum absolute atomic E-state index is 0.314. The molecule has 4 unspecified atom stereocenters. The second kappa shape index (κ2) is 28.1. The summed E-state index contributed by atoms with van der Waals surface area (Å²) < 4.78 is 0. The van der Waals surface area contributed by atoms with Gasteiger partial charge in [0, 0.05) is 12.8 Å². The molecule has 0 bridgehead atoms. The number of rotatable bonds is 31. The van der Waals surface area contributed by atoms with Gasteiger partial charge in [-0.3, -0.25) is 9.59 Å². The van der Waals surface area contributed by atoms with Gasteiger partial charge in [-0.25, -0.2) is 0 Å². The number of carboxylic acids is 2. The van der Waals surface area contributed by atoms with Crippen LogP contribution in [0.3, 0.4) is 0 Å². The largest absolute Gasteiger partial charge is 0.481 e. The van der Waals surface area contributed by atoms with Gasteiger partial charge in [0.05, 0.1) is 0 Å². The fourth-order valence-electron chi connectivity index (χ4n) is 6.78. The zero-order valence-electron chi connectivity index (χ0n) is 27.4. The van der Waals surface area contributed by atoms with Crippen LogP contribution in [0.25, 0.3) is 0 Å². The summed E-state index contributed by atoms with van der Waals surface area (Å²) in [5, 5.41) is 17.8. The van der Waals surface area contributed by atoms with E-state index in [1.807, 2.05) is 0 Å². The van der Waals surface area contributed by atoms with Crippen LogP contribution < -0.4 is 0 Å². The molecule has 0 aromatic carbocycles. The van der Waals surface area contributed by atoms with Crippen molar-refractivity contribution in [2.24, 2.45) is 23.7 Å². The Morgan fingerprint density at radius 2 is 0.700 bits per heavy atom. The summed E-state index contributed by atoms with van der Waals surface area (Å²) in [5.74, 6) is 1.83. The molecule has 0 heterocycles. The number of unbranched alkanes of at least 4 members (excludes halogenated alkanes) is 16. The highest BCUT2D eigenvalue weighted by Crippen LogP contribution is 2.39. The molecule has 0 rings (SSSR count). The quantitative estimate of drug-likeness (QED) is 0.0818. The van der Waals surface area contributed by atoms with Crippen LogP contribution in [0, 0.1) is 23.7 Å². The molecule has 0 aromatic heterocycles. The van der Waals surface area contributed by atoms with Crippen molar-refractivity contribution in [3.05, 3.63) is 0 Å². The minimum Gasteiger partial charge on any atom is -0.481 e. The summed E-state index contributed by atoms with van der Waals surface area (Å²) in [7, 11) is 0. The minimum atomic E-state index is -0.665. The van der Waals surface area contributed by atoms with Crippen molar-refractivity contribution < 1.29 is 19.8 Å². The Labute approximate surface area is 249 Å². The highest BCUT2D eigenvalue weighted by molar-refractivity contribution is 5.66. The molecule has 4 nitrogen and oxygen atoms in total. The Morgan fingerprint density at radius 3 is 1.05 bits per heavy atom. The molecule has 0 aliphatic carbocycles. The van der Waals surface area contributed by atoms with Crippen molar-refractivity contribution in [3.8, 4) is 0 Å². The molecule has 0 saturated carbocycles. The fraction of sp³-hybridized carbons (Fsp3) is 0.944. The number of carboxylic acid groups (broad SMARTS) is 2. The topological polar surface area (TPSA) is 74.6 Å². The smallest absolute Gasteiger partial charge is 0.303 e. The van der Waals surface area contributed by atoms with Crippen LogP contribution in [0.5, 0.6) is 0 Å². The van der Waals surface area contributed by atoms with Crippen LogP contribution in [0.15, 0.2) is 0 Å². The third-order valence-electron chi connectivity index (χ3n) is 9.39. The number of aliphatic carboxylic acids is 2. The molecule has 0 saturated heterocycles. The molecule has 0 fully saturated rings. The van der Waals surface area contributed by atoms with E-state index in [4.69, 9.17) is 10.2 Å². The maximum Gasteiger partial charge on any atom is 0.303 e. The molecule has 0 aromatic rings. The lowest BCUT2D eigenvalue weighted by molar-refractivity contribution is -0.138. The van der Waals surface area contributed by atoms with E-state index in [0.29, 0.717) is 12.8 Å².